The molecule has 0 saturated heterocycles. The van der Waals surface area contributed by atoms with Crippen LogP contribution >= 0.6 is 12.2 Å². The molecule has 3 N–H and O–H groups in total. The zero-order valence-corrected chi connectivity index (χ0v) is 12.5. The highest BCUT2D eigenvalue weighted by molar-refractivity contribution is 7.80. The van der Waals surface area contributed by atoms with Crippen molar-refractivity contribution in [2.75, 3.05) is 5.32 Å². The number of hydrogen-bond donors (Lipinski definition) is 2. The fourth-order valence-corrected chi connectivity index (χ4v) is 2.22. The zero-order chi connectivity index (χ0) is 14.8. The lowest BCUT2D eigenvalue weighted by molar-refractivity contribution is -0.121. The van der Waals surface area contributed by atoms with Gasteiger partial charge in [-0.05, 0) is 36.2 Å². The first kappa shape index (κ1) is 14.5. The molecule has 1 amide bonds. The lowest BCUT2D eigenvalue weighted by atomic mass is 9.86. The van der Waals surface area contributed by atoms with E-state index in [2.05, 4.69) is 5.32 Å². The molecule has 0 aliphatic carbocycles. The number of carbonyl (C=O) groups is 1. The third-order valence-corrected chi connectivity index (χ3v) is 4.21. The minimum atomic E-state index is -0.818. The Labute approximate surface area is 124 Å². The van der Waals surface area contributed by atoms with Gasteiger partial charge < -0.3 is 11.1 Å². The van der Waals surface area contributed by atoms with Crippen molar-refractivity contribution in [2.24, 2.45) is 11.1 Å². The summed E-state index contributed by atoms with van der Waals surface area (Å²) in [6.07, 6.45) is 0.571. The maximum Gasteiger partial charge on any atom is 0.237 e. The van der Waals surface area contributed by atoms with Gasteiger partial charge in [0.2, 0.25) is 5.91 Å². The van der Waals surface area contributed by atoms with E-state index in [-0.39, 0.29) is 10.9 Å². The Balaban J connectivity index is 2.28. The monoisotopic (exact) mass is 286 g/mol. The summed E-state index contributed by atoms with van der Waals surface area (Å²) in [5, 5.41) is 5.12. The predicted octanol–water partition coefficient (Wildman–Crippen LogP) is 3.48. The highest BCUT2D eigenvalue weighted by Gasteiger charge is 2.34. The second kappa shape index (κ2) is 5.59. The Bertz CT molecular complexity index is 668. The topological polar surface area (TPSA) is 55.1 Å². The van der Waals surface area contributed by atoms with E-state index in [4.69, 9.17) is 18.0 Å². The molecule has 2 aromatic carbocycles. The van der Waals surface area contributed by atoms with Gasteiger partial charge in [0.1, 0.15) is 0 Å². The highest BCUT2D eigenvalue weighted by atomic mass is 32.1. The van der Waals surface area contributed by atoms with Crippen molar-refractivity contribution in [3.05, 3.63) is 42.5 Å². The van der Waals surface area contributed by atoms with E-state index in [1.54, 1.807) is 6.92 Å². The first-order chi connectivity index (χ1) is 9.47. The molecule has 0 aliphatic heterocycles. The first-order valence-corrected chi connectivity index (χ1v) is 6.98. The molecule has 0 radical (unpaired) electrons. The van der Waals surface area contributed by atoms with Crippen LogP contribution in [0.15, 0.2) is 42.5 Å². The Morgan fingerprint density at radius 3 is 2.50 bits per heavy atom. The van der Waals surface area contributed by atoms with Gasteiger partial charge in [0.05, 0.1) is 10.4 Å². The number of fused-ring (bicyclic) bond motifs is 1. The summed E-state index contributed by atoms with van der Waals surface area (Å²) in [6.45, 7) is 3.67. The number of nitrogens with one attached hydrogen (secondary N) is 1. The van der Waals surface area contributed by atoms with E-state index in [1.807, 2.05) is 49.4 Å². The molecule has 1 atom stereocenters. The third kappa shape index (κ3) is 2.65. The minimum absolute atomic E-state index is 0.164. The van der Waals surface area contributed by atoms with Gasteiger partial charge in [0.25, 0.3) is 0 Å². The number of hydrogen-bond acceptors (Lipinski definition) is 2. The van der Waals surface area contributed by atoms with Gasteiger partial charge in [-0.15, -0.1) is 0 Å². The van der Waals surface area contributed by atoms with E-state index in [0.29, 0.717) is 6.42 Å². The predicted molar refractivity (Wildman–Crippen MR) is 87.8 cm³/mol. The molecule has 0 fully saturated rings. The number of thiocarbonyl (C=S) groups is 1. The zero-order valence-electron chi connectivity index (χ0n) is 11.6. The van der Waals surface area contributed by atoms with Gasteiger partial charge in [-0.1, -0.05) is 49.5 Å². The van der Waals surface area contributed by atoms with Crippen LogP contribution in [-0.2, 0) is 4.79 Å². The molecular formula is C16H18N2OS. The van der Waals surface area contributed by atoms with Crippen LogP contribution < -0.4 is 11.1 Å². The molecule has 0 heterocycles. The van der Waals surface area contributed by atoms with Crippen molar-refractivity contribution in [3.8, 4) is 0 Å². The second-order valence-corrected chi connectivity index (χ2v) is 5.51. The van der Waals surface area contributed by atoms with Crippen molar-refractivity contribution >= 4 is 39.6 Å². The molecule has 0 spiro atoms. The molecule has 0 aliphatic rings. The number of rotatable bonds is 4. The standard InChI is InChI=1S/C16H18N2OS/c1-3-16(2,14(17)20)15(19)18-13-9-8-11-6-4-5-7-12(11)10-13/h4-10H,3H2,1-2H3,(H2,17,20)(H,18,19). The smallest absolute Gasteiger partial charge is 0.237 e. The van der Waals surface area contributed by atoms with Crippen LogP contribution in [-0.4, -0.2) is 10.9 Å². The van der Waals surface area contributed by atoms with E-state index >= 15 is 0 Å². The average Bonchev–Trinajstić information content (AvgIpc) is 2.45. The molecular weight excluding hydrogens is 268 g/mol. The van der Waals surface area contributed by atoms with Gasteiger partial charge in [0, 0.05) is 5.69 Å². The summed E-state index contributed by atoms with van der Waals surface area (Å²) < 4.78 is 0. The van der Waals surface area contributed by atoms with Crippen molar-refractivity contribution in [1.29, 1.82) is 0 Å². The first-order valence-electron chi connectivity index (χ1n) is 6.57. The average molecular weight is 286 g/mol. The summed E-state index contributed by atoms with van der Waals surface area (Å²) in [5.41, 5.74) is 5.63. The molecule has 3 nitrogen and oxygen atoms in total. The SMILES string of the molecule is CCC(C)(C(=O)Nc1ccc2ccccc2c1)C(N)=S. The molecule has 0 bridgehead atoms. The Morgan fingerprint density at radius 1 is 1.25 bits per heavy atom. The van der Waals surface area contributed by atoms with Crippen LogP contribution in [0.4, 0.5) is 5.69 Å². The normalized spacial score (nSPS) is 13.7. The van der Waals surface area contributed by atoms with Crippen molar-refractivity contribution in [1.82, 2.24) is 0 Å². The van der Waals surface area contributed by atoms with Gasteiger partial charge in [-0.25, -0.2) is 0 Å². The molecule has 20 heavy (non-hydrogen) atoms. The van der Waals surface area contributed by atoms with Gasteiger partial charge >= 0.3 is 0 Å². The third-order valence-electron chi connectivity index (χ3n) is 3.76. The summed E-state index contributed by atoms with van der Waals surface area (Å²) in [7, 11) is 0. The number of benzene rings is 2. The Morgan fingerprint density at radius 2 is 1.90 bits per heavy atom. The Kier molecular flexibility index (Phi) is 4.04. The van der Waals surface area contributed by atoms with E-state index < -0.39 is 5.41 Å². The number of amides is 1. The quantitative estimate of drug-likeness (QED) is 0.846. The summed E-state index contributed by atoms with van der Waals surface area (Å²) in [5.74, 6) is -0.164. The van der Waals surface area contributed by atoms with Crippen LogP contribution in [0.25, 0.3) is 10.8 Å². The largest absolute Gasteiger partial charge is 0.392 e. The van der Waals surface area contributed by atoms with Crippen molar-refractivity contribution in [2.45, 2.75) is 20.3 Å². The second-order valence-electron chi connectivity index (χ2n) is 5.07. The Hall–Kier alpha value is -1.94. The van der Waals surface area contributed by atoms with Gasteiger partial charge in [-0.3, -0.25) is 4.79 Å². The van der Waals surface area contributed by atoms with Crippen LogP contribution in [0.2, 0.25) is 0 Å². The van der Waals surface area contributed by atoms with E-state index in [1.165, 1.54) is 0 Å². The molecule has 2 aromatic rings. The maximum atomic E-state index is 12.4. The lowest BCUT2D eigenvalue weighted by Crippen LogP contribution is -2.43. The van der Waals surface area contributed by atoms with Crippen LogP contribution in [0.3, 0.4) is 0 Å². The molecule has 0 saturated carbocycles. The van der Waals surface area contributed by atoms with Gasteiger partial charge in [0.15, 0.2) is 0 Å². The molecule has 0 aromatic heterocycles. The van der Waals surface area contributed by atoms with E-state index in [0.717, 1.165) is 16.5 Å². The molecule has 1 unspecified atom stereocenters. The minimum Gasteiger partial charge on any atom is -0.392 e. The number of nitrogens with two attached hydrogens (primary N) is 1. The summed E-state index contributed by atoms with van der Waals surface area (Å²) >= 11 is 5.02. The van der Waals surface area contributed by atoms with Crippen molar-refractivity contribution < 1.29 is 4.79 Å². The number of anilines is 1. The van der Waals surface area contributed by atoms with Crippen molar-refractivity contribution in [3.63, 3.8) is 0 Å². The van der Waals surface area contributed by atoms with Crippen LogP contribution in [0.1, 0.15) is 20.3 Å². The van der Waals surface area contributed by atoms with E-state index in [9.17, 15) is 4.79 Å². The van der Waals surface area contributed by atoms with Gasteiger partial charge in [-0.2, -0.15) is 0 Å². The maximum absolute atomic E-state index is 12.4. The summed E-state index contributed by atoms with van der Waals surface area (Å²) in [6, 6.07) is 13.8. The van der Waals surface area contributed by atoms with Crippen LogP contribution in [0.5, 0.6) is 0 Å². The fourth-order valence-electron chi connectivity index (χ4n) is 1.98. The fraction of sp³-hybridized carbons (Fsp3) is 0.250. The molecule has 4 heteroatoms. The summed E-state index contributed by atoms with van der Waals surface area (Å²) in [4.78, 5) is 12.6. The van der Waals surface area contributed by atoms with Crippen LogP contribution in [0, 0.1) is 5.41 Å². The highest BCUT2D eigenvalue weighted by Crippen LogP contribution is 2.25. The lowest BCUT2D eigenvalue weighted by Gasteiger charge is -2.25. The molecule has 2 rings (SSSR count). The molecule has 104 valence electrons. The number of carbonyl (C=O) groups excluding carboxylic acids is 1.